The molecule has 1 fully saturated rings. The number of nitrogens with two attached hydrogens (primary N) is 3. The molecule has 0 spiro atoms. The van der Waals surface area contributed by atoms with Crippen molar-refractivity contribution in [2.45, 2.75) is 45.3 Å². The maximum Gasteiger partial charge on any atom is 0.410 e. The molecule has 0 bridgehead atoms. The summed E-state index contributed by atoms with van der Waals surface area (Å²) in [5, 5.41) is 3.90. The molecular weight excluding hydrogens is 454 g/mol. The summed E-state index contributed by atoms with van der Waals surface area (Å²) in [4.78, 5) is 23.7. The highest BCUT2D eigenvalue weighted by atomic mass is 32.1. The van der Waals surface area contributed by atoms with Crippen LogP contribution in [0.4, 0.5) is 10.5 Å². The maximum absolute atomic E-state index is 12.5. The zero-order valence-electron chi connectivity index (χ0n) is 20.3. The molecule has 0 radical (unpaired) electrons. The Balaban J connectivity index is 1.88. The van der Waals surface area contributed by atoms with Crippen molar-refractivity contribution in [2.75, 3.05) is 38.6 Å². The minimum Gasteiger partial charge on any atom is -0.482 e. The van der Waals surface area contributed by atoms with E-state index < -0.39 is 5.60 Å². The molecule has 1 amide bonds. The lowest BCUT2D eigenvalue weighted by molar-refractivity contribution is 0.0201. The number of rotatable bonds is 7. The Bertz CT molecular complexity index is 1070. The summed E-state index contributed by atoms with van der Waals surface area (Å²) in [6, 6.07) is 5.71. The molecule has 0 unspecified atom stereocenters. The number of nitrogens with one attached hydrogen (secondary N) is 1. The largest absolute Gasteiger partial charge is 0.482 e. The minimum absolute atomic E-state index is 0.136. The molecule has 1 aromatic carbocycles. The van der Waals surface area contributed by atoms with Crippen molar-refractivity contribution in [3.05, 3.63) is 29.1 Å². The number of aromatic nitrogens is 1. The number of ether oxygens (including phenoxy) is 2. The fourth-order valence-corrected chi connectivity index (χ4v) is 4.71. The SMILES string of the molecule is CO/C(N)=C(/C(N)=N[C@@H]1CCCN(C(=O)OC(C)(C)C)C1)c1nc2c(NCCN)cccc2s1. The second-order valence-corrected chi connectivity index (χ2v) is 10.1. The lowest BCUT2D eigenvalue weighted by Gasteiger charge is -2.32. The van der Waals surface area contributed by atoms with Gasteiger partial charge in [0.25, 0.3) is 0 Å². The van der Waals surface area contributed by atoms with Gasteiger partial charge in [0.2, 0.25) is 0 Å². The van der Waals surface area contributed by atoms with E-state index in [9.17, 15) is 4.79 Å². The Morgan fingerprint density at radius 3 is 2.79 bits per heavy atom. The second kappa shape index (κ2) is 10.9. The summed E-state index contributed by atoms with van der Waals surface area (Å²) in [6.45, 7) is 7.74. The summed E-state index contributed by atoms with van der Waals surface area (Å²) in [5.74, 6) is 0.363. The number of carbonyl (C=O) groups is 1. The third-order valence-electron chi connectivity index (χ3n) is 5.18. The van der Waals surface area contributed by atoms with Crippen LogP contribution in [-0.2, 0) is 9.47 Å². The van der Waals surface area contributed by atoms with E-state index in [0.29, 0.717) is 36.8 Å². The summed E-state index contributed by atoms with van der Waals surface area (Å²) in [6.07, 6.45) is 1.26. The van der Waals surface area contributed by atoms with Crippen LogP contribution in [0.25, 0.3) is 15.8 Å². The summed E-state index contributed by atoms with van der Waals surface area (Å²) < 4.78 is 11.8. The van der Waals surface area contributed by atoms with Crippen molar-refractivity contribution in [2.24, 2.45) is 22.2 Å². The Morgan fingerprint density at radius 2 is 2.12 bits per heavy atom. The smallest absolute Gasteiger partial charge is 0.410 e. The molecule has 2 aromatic rings. The number of hydrogen-bond acceptors (Lipinski definition) is 9. The molecule has 11 heteroatoms. The first kappa shape index (κ1) is 25.6. The maximum atomic E-state index is 12.5. The van der Waals surface area contributed by atoms with Crippen molar-refractivity contribution >= 4 is 44.7 Å². The molecule has 1 atom stereocenters. The lowest BCUT2D eigenvalue weighted by atomic mass is 10.1. The zero-order chi connectivity index (χ0) is 24.9. The van der Waals surface area contributed by atoms with Crippen LogP contribution in [0.15, 0.2) is 29.1 Å². The van der Waals surface area contributed by atoms with Crippen LogP contribution in [0.1, 0.15) is 38.6 Å². The number of fused-ring (bicyclic) bond motifs is 1. The monoisotopic (exact) mass is 489 g/mol. The van der Waals surface area contributed by atoms with E-state index in [4.69, 9.17) is 36.7 Å². The van der Waals surface area contributed by atoms with Crippen LogP contribution in [0.5, 0.6) is 0 Å². The first-order valence-corrected chi connectivity index (χ1v) is 12.1. The quantitative estimate of drug-likeness (QED) is 0.263. The van der Waals surface area contributed by atoms with Crippen molar-refractivity contribution in [1.29, 1.82) is 0 Å². The number of likely N-dealkylation sites (tertiary alicyclic amines) is 1. The fourth-order valence-electron chi connectivity index (χ4n) is 3.66. The van der Waals surface area contributed by atoms with Gasteiger partial charge in [-0.1, -0.05) is 6.07 Å². The molecule has 10 nitrogen and oxygen atoms in total. The van der Waals surface area contributed by atoms with Gasteiger partial charge in [0.1, 0.15) is 27.5 Å². The fraction of sp³-hybridized carbons (Fsp3) is 0.522. The van der Waals surface area contributed by atoms with Crippen molar-refractivity contribution < 1.29 is 14.3 Å². The number of thiazole rings is 1. The van der Waals surface area contributed by atoms with Crippen LogP contribution >= 0.6 is 11.3 Å². The molecule has 1 aliphatic heterocycles. The number of benzene rings is 1. The van der Waals surface area contributed by atoms with Gasteiger partial charge in [-0.2, -0.15) is 0 Å². The highest BCUT2D eigenvalue weighted by Crippen LogP contribution is 2.32. The standard InChI is InChI=1S/C23H35N7O3S/c1-23(2,3)33-22(31)30-12-6-7-14(13-30)28-19(25)17(20(26)32-4)21-29-18-15(27-11-10-24)8-5-9-16(18)34-21/h5,8-9,14,27H,6-7,10-13,24,26H2,1-4H3,(H2,25,28)/b20-17-/t14-/m1/s1. The number of para-hydroxylation sites is 1. The van der Waals surface area contributed by atoms with E-state index >= 15 is 0 Å². The molecule has 1 saturated heterocycles. The molecule has 186 valence electrons. The topological polar surface area (TPSA) is 154 Å². The Kier molecular flexibility index (Phi) is 8.21. The third-order valence-corrected chi connectivity index (χ3v) is 6.22. The predicted octanol–water partition coefficient (Wildman–Crippen LogP) is 2.70. The van der Waals surface area contributed by atoms with Crippen LogP contribution < -0.4 is 22.5 Å². The summed E-state index contributed by atoms with van der Waals surface area (Å²) in [7, 11) is 1.48. The molecule has 34 heavy (non-hydrogen) atoms. The number of nitrogens with zero attached hydrogens (tertiary/aromatic N) is 3. The first-order chi connectivity index (χ1) is 16.1. The number of amides is 1. The number of aliphatic imine (C=N–C) groups is 1. The highest BCUT2D eigenvalue weighted by Gasteiger charge is 2.28. The van der Waals surface area contributed by atoms with Gasteiger partial charge < -0.3 is 36.9 Å². The summed E-state index contributed by atoms with van der Waals surface area (Å²) >= 11 is 1.45. The average molecular weight is 490 g/mol. The van der Waals surface area contributed by atoms with E-state index in [1.54, 1.807) is 4.90 Å². The van der Waals surface area contributed by atoms with Gasteiger partial charge in [-0.15, -0.1) is 11.3 Å². The van der Waals surface area contributed by atoms with Crippen LogP contribution in [-0.4, -0.2) is 66.7 Å². The molecule has 1 aliphatic rings. The van der Waals surface area contributed by atoms with Gasteiger partial charge in [0.15, 0.2) is 5.88 Å². The molecule has 7 N–H and O–H groups in total. The van der Waals surface area contributed by atoms with Gasteiger partial charge >= 0.3 is 6.09 Å². The Hall–Kier alpha value is -3.05. The van der Waals surface area contributed by atoms with Crippen LogP contribution in [0.3, 0.4) is 0 Å². The third kappa shape index (κ3) is 6.29. The van der Waals surface area contributed by atoms with Gasteiger partial charge in [-0.25, -0.2) is 9.78 Å². The van der Waals surface area contributed by atoms with Gasteiger partial charge in [0.05, 0.1) is 23.5 Å². The second-order valence-electron chi connectivity index (χ2n) is 9.07. The van der Waals surface area contributed by atoms with E-state index in [1.165, 1.54) is 18.4 Å². The normalized spacial score (nSPS) is 18.0. The molecule has 2 heterocycles. The molecule has 1 aromatic heterocycles. The molecular formula is C23H35N7O3S. The number of anilines is 1. The van der Waals surface area contributed by atoms with E-state index in [0.717, 1.165) is 28.7 Å². The number of hydrogen-bond donors (Lipinski definition) is 4. The van der Waals surface area contributed by atoms with Crippen molar-refractivity contribution in [3.63, 3.8) is 0 Å². The molecule has 0 saturated carbocycles. The number of piperidine rings is 1. The summed E-state index contributed by atoms with van der Waals surface area (Å²) in [5.41, 5.74) is 19.9. The Morgan fingerprint density at radius 1 is 1.35 bits per heavy atom. The van der Waals surface area contributed by atoms with E-state index in [-0.39, 0.29) is 23.9 Å². The number of amidine groups is 1. The van der Waals surface area contributed by atoms with Gasteiger partial charge in [0, 0.05) is 26.2 Å². The van der Waals surface area contributed by atoms with E-state index in [1.807, 2.05) is 39.0 Å². The van der Waals surface area contributed by atoms with Crippen molar-refractivity contribution in [3.8, 4) is 0 Å². The average Bonchev–Trinajstić information content (AvgIpc) is 3.20. The van der Waals surface area contributed by atoms with Gasteiger partial charge in [-0.3, -0.25) is 4.99 Å². The van der Waals surface area contributed by atoms with Crippen LogP contribution in [0.2, 0.25) is 0 Å². The molecule has 3 rings (SSSR count). The Labute approximate surface area is 204 Å². The number of methoxy groups -OCH3 is 1. The van der Waals surface area contributed by atoms with Gasteiger partial charge in [-0.05, 0) is 45.7 Å². The van der Waals surface area contributed by atoms with Crippen molar-refractivity contribution in [1.82, 2.24) is 9.88 Å². The molecule has 0 aliphatic carbocycles. The van der Waals surface area contributed by atoms with E-state index in [2.05, 4.69) is 5.32 Å². The number of carbonyl (C=O) groups excluding carboxylic acids is 1. The zero-order valence-corrected chi connectivity index (χ0v) is 21.1. The first-order valence-electron chi connectivity index (χ1n) is 11.3. The predicted molar refractivity (Wildman–Crippen MR) is 138 cm³/mol. The van der Waals surface area contributed by atoms with Crippen LogP contribution in [0, 0.1) is 0 Å². The highest BCUT2D eigenvalue weighted by molar-refractivity contribution is 7.20. The lowest BCUT2D eigenvalue weighted by Crippen LogP contribution is -2.44. The minimum atomic E-state index is -0.556.